The van der Waals surface area contributed by atoms with Gasteiger partial charge >= 0.3 is 0 Å². The fourth-order valence-electron chi connectivity index (χ4n) is 2.16. The zero-order valence-corrected chi connectivity index (χ0v) is 12.9. The first-order valence-corrected chi connectivity index (χ1v) is 6.95. The van der Waals surface area contributed by atoms with Crippen LogP contribution in [0.2, 0.25) is 10.0 Å². The van der Waals surface area contributed by atoms with Crippen molar-refractivity contribution < 1.29 is 9.47 Å². The second kappa shape index (κ2) is 5.47. The lowest BCUT2D eigenvalue weighted by atomic mass is 10.2. The molecule has 0 aliphatic rings. The van der Waals surface area contributed by atoms with Gasteiger partial charge in [-0.3, -0.25) is 0 Å². The molecule has 2 aromatic carbocycles. The molecule has 0 aliphatic carbocycles. The first-order valence-electron chi connectivity index (χ1n) is 6.19. The summed E-state index contributed by atoms with van der Waals surface area (Å²) in [6, 6.07) is 9.04. The van der Waals surface area contributed by atoms with Crippen molar-refractivity contribution >= 4 is 34.2 Å². The molecule has 0 saturated carbocycles. The number of methoxy groups -OCH3 is 2. The highest BCUT2D eigenvalue weighted by Gasteiger charge is 2.12. The molecule has 0 spiro atoms. The molecule has 0 bridgehead atoms. The number of halogens is 2. The van der Waals surface area contributed by atoms with Crippen molar-refractivity contribution in [2.75, 3.05) is 14.2 Å². The number of H-pyrrole nitrogens is 1. The van der Waals surface area contributed by atoms with Crippen LogP contribution in [0.5, 0.6) is 11.5 Å². The highest BCUT2D eigenvalue weighted by molar-refractivity contribution is 6.38. The number of fused-ring (bicyclic) bond motifs is 1. The first-order chi connectivity index (χ1) is 10.1. The Bertz CT molecular complexity index is 815. The van der Waals surface area contributed by atoms with Gasteiger partial charge in [0.05, 0.1) is 24.8 Å². The van der Waals surface area contributed by atoms with Crippen LogP contribution in [0, 0.1) is 0 Å². The maximum Gasteiger partial charge on any atom is 0.161 e. The average Bonchev–Trinajstić information content (AvgIpc) is 2.90. The summed E-state index contributed by atoms with van der Waals surface area (Å²) in [6.07, 6.45) is 0. The molecule has 0 atom stereocenters. The monoisotopic (exact) mass is 322 g/mol. The number of nitrogens with zero attached hydrogens (tertiary/aromatic N) is 1. The van der Waals surface area contributed by atoms with E-state index >= 15 is 0 Å². The van der Waals surface area contributed by atoms with Crippen molar-refractivity contribution in [2.24, 2.45) is 0 Å². The summed E-state index contributed by atoms with van der Waals surface area (Å²) in [4.78, 5) is 7.72. The van der Waals surface area contributed by atoms with Gasteiger partial charge in [0.15, 0.2) is 11.5 Å². The number of ether oxygens (including phenoxy) is 2. The zero-order chi connectivity index (χ0) is 15.0. The van der Waals surface area contributed by atoms with Crippen LogP contribution in [0.4, 0.5) is 0 Å². The van der Waals surface area contributed by atoms with Gasteiger partial charge in [-0.1, -0.05) is 23.2 Å². The van der Waals surface area contributed by atoms with Gasteiger partial charge < -0.3 is 14.5 Å². The molecule has 0 fully saturated rings. The van der Waals surface area contributed by atoms with Crippen molar-refractivity contribution in [1.82, 2.24) is 9.97 Å². The number of aromatic nitrogens is 2. The van der Waals surface area contributed by atoms with E-state index in [2.05, 4.69) is 9.97 Å². The minimum Gasteiger partial charge on any atom is -0.493 e. The fraction of sp³-hybridized carbons (Fsp3) is 0.133. The topological polar surface area (TPSA) is 47.1 Å². The molecular formula is C15H12Cl2N2O2. The number of benzene rings is 2. The molecular weight excluding hydrogens is 311 g/mol. The van der Waals surface area contributed by atoms with Crippen molar-refractivity contribution in [1.29, 1.82) is 0 Å². The molecule has 4 nitrogen and oxygen atoms in total. The summed E-state index contributed by atoms with van der Waals surface area (Å²) in [7, 11) is 3.19. The molecule has 6 heteroatoms. The quantitative estimate of drug-likeness (QED) is 0.769. The largest absolute Gasteiger partial charge is 0.493 e. The number of hydrogen-bond acceptors (Lipinski definition) is 3. The normalized spacial score (nSPS) is 10.9. The first kappa shape index (κ1) is 14.0. The van der Waals surface area contributed by atoms with Crippen LogP contribution >= 0.6 is 23.2 Å². The Morgan fingerprint density at radius 3 is 2.48 bits per heavy atom. The van der Waals surface area contributed by atoms with Gasteiger partial charge in [-0.25, -0.2) is 4.98 Å². The van der Waals surface area contributed by atoms with Gasteiger partial charge in [-0.15, -0.1) is 0 Å². The van der Waals surface area contributed by atoms with Crippen molar-refractivity contribution in [3.8, 4) is 22.9 Å². The van der Waals surface area contributed by atoms with E-state index in [1.54, 1.807) is 26.4 Å². The van der Waals surface area contributed by atoms with E-state index in [0.717, 1.165) is 11.1 Å². The fourth-order valence-corrected chi connectivity index (χ4v) is 2.70. The lowest BCUT2D eigenvalue weighted by molar-refractivity contribution is 0.355. The summed E-state index contributed by atoms with van der Waals surface area (Å²) in [6.45, 7) is 0. The van der Waals surface area contributed by atoms with Gasteiger partial charge in [-0.05, 0) is 30.3 Å². The SMILES string of the molecule is COc1ccc(-c2nc3c(Cl)cc(Cl)cc3[nH]2)cc1OC. The van der Waals surface area contributed by atoms with Gasteiger partial charge in [0.2, 0.25) is 0 Å². The Kier molecular flexibility index (Phi) is 3.66. The van der Waals surface area contributed by atoms with Crippen molar-refractivity contribution in [2.45, 2.75) is 0 Å². The Balaban J connectivity index is 2.14. The number of imidazole rings is 1. The average molecular weight is 323 g/mol. The third-order valence-corrected chi connectivity index (χ3v) is 3.67. The highest BCUT2D eigenvalue weighted by Crippen LogP contribution is 2.33. The van der Waals surface area contributed by atoms with Crippen LogP contribution in [0.3, 0.4) is 0 Å². The molecule has 0 aliphatic heterocycles. The molecule has 0 unspecified atom stereocenters. The lowest BCUT2D eigenvalue weighted by Gasteiger charge is -2.08. The Morgan fingerprint density at radius 2 is 1.76 bits per heavy atom. The van der Waals surface area contributed by atoms with Crippen LogP contribution in [0.15, 0.2) is 30.3 Å². The van der Waals surface area contributed by atoms with Crippen LogP contribution < -0.4 is 9.47 Å². The summed E-state index contributed by atoms with van der Waals surface area (Å²) in [5.41, 5.74) is 2.35. The predicted octanol–water partition coefficient (Wildman–Crippen LogP) is 4.55. The van der Waals surface area contributed by atoms with E-state index in [0.29, 0.717) is 32.9 Å². The second-order valence-electron chi connectivity index (χ2n) is 4.44. The molecule has 1 heterocycles. The van der Waals surface area contributed by atoms with E-state index < -0.39 is 0 Å². The predicted molar refractivity (Wildman–Crippen MR) is 84.7 cm³/mol. The molecule has 1 aromatic heterocycles. The molecule has 1 N–H and O–H groups in total. The molecule has 0 radical (unpaired) electrons. The number of rotatable bonds is 3. The molecule has 3 rings (SSSR count). The van der Waals surface area contributed by atoms with Crippen LogP contribution in [-0.4, -0.2) is 24.2 Å². The number of aromatic amines is 1. The molecule has 0 amide bonds. The van der Waals surface area contributed by atoms with E-state index in [1.807, 2.05) is 18.2 Å². The minimum atomic E-state index is 0.514. The van der Waals surface area contributed by atoms with E-state index in [9.17, 15) is 0 Å². The summed E-state index contributed by atoms with van der Waals surface area (Å²) in [5, 5.41) is 1.08. The van der Waals surface area contributed by atoms with Crippen LogP contribution in [0.25, 0.3) is 22.4 Å². The maximum atomic E-state index is 6.16. The Morgan fingerprint density at radius 1 is 1.00 bits per heavy atom. The zero-order valence-electron chi connectivity index (χ0n) is 11.4. The summed E-state index contributed by atoms with van der Waals surface area (Å²) < 4.78 is 10.5. The molecule has 108 valence electrons. The summed E-state index contributed by atoms with van der Waals surface area (Å²) in [5.74, 6) is 1.99. The lowest BCUT2D eigenvalue weighted by Crippen LogP contribution is -1.91. The second-order valence-corrected chi connectivity index (χ2v) is 5.28. The van der Waals surface area contributed by atoms with E-state index in [4.69, 9.17) is 32.7 Å². The van der Waals surface area contributed by atoms with Gasteiger partial charge in [0.1, 0.15) is 11.3 Å². The van der Waals surface area contributed by atoms with Gasteiger partial charge in [0.25, 0.3) is 0 Å². The van der Waals surface area contributed by atoms with Gasteiger partial charge in [0, 0.05) is 10.6 Å². The Labute approximate surface area is 131 Å². The summed E-state index contributed by atoms with van der Waals surface area (Å²) >= 11 is 12.2. The van der Waals surface area contributed by atoms with Crippen LogP contribution in [-0.2, 0) is 0 Å². The molecule has 0 saturated heterocycles. The molecule has 21 heavy (non-hydrogen) atoms. The number of hydrogen-bond donors (Lipinski definition) is 1. The third-order valence-electron chi connectivity index (χ3n) is 3.16. The van der Waals surface area contributed by atoms with E-state index in [1.165, 1.54) is 0 Å². The molecule has 3 aromatic rings. The van der Waals surface area contributed by atoms with Crippen LogP contribution in [0.1, 0.15) is 0 Å². The Hall–Kier alpha value is -1.91. The number of nitrogens with one attached hydrogen (secondary N) is 1. The smallest absolute Gasteiger partial charge is 0.161 e. The minimum absolute atomic E-state index is 0.514. The van der Waals surface area contributed by atoms with Crippen molar-refractivity contribution in [3.05, 3.63) is 40.4 Å². The highest BCUT2D eigenvalue weighted by atomic mass is 35.5. The standard InChI is InChI=1S/C15H12Cl2N2O2/c1-20-12-4-3-8(5-13(12)21-2)15-18-11-7-9(16)6-10(17)14(11)19-15/h3-7H,1-2H3,(H,18,19). The van der Waals surface area contributed by atoms with Gasteiger partial charge in [-0.2, -0.15) is 0 Å². The third kappa shape index (κ3) is 2.52. The van der Waals surface area contributed by atoms with E-state index in [-0.39, 0.29) is 0 Å². The maximum absolute atomic E-state index is 6.16. The van der Waals surface area contributed by atoms with Crippen molar-refractivity contribution in [3.63, 3.8) is 0 Å².